The second-order valence-corrected chi connectivity index (χ2v) is 7.07. The largest absolute Gasteiger partial charge is 0.406 e. The molecule has 6 nitrogen and oxygen atoms in total. The summed E-state index contributed by atoms with van der Waals surface area (Å²) in [6.07, 6.45) is -2.78. The van der Waals surface area contributed by atoms with Crippen LogP contribution in [0.2, 0.25) is 0 Å². The number of methoxy groups -OCH3 is 1. The summed E-state index contributed by atoms with van der Waals surface area (Å²) in [4.78, 5) is 26.8. The zero-order valence-electron chi connectivity index (χ0n) is 15.5. The van der Waals surface area contributed by atoms with E-state index in [1.165, 1.54) is 23.8 Å². The van der Waals surface area contributed by atoms with E-state index in [2.05, 4.69) is 10.3 Å². The van der Waals surface area contributed by atoms with Crippen LogP contribution in [-0.2, 0) is 24.1 Å². The monoisotopic (exact) mass is 405 g/mol. The van der Waals surface area contributed by atoms with Crippen molar-refractivity contribution < 1.29 is 22.7 Å². The molecule has 9 heteroatoms. The van der Waals surface area contributed by atoms with Crippen molar-refractivity contribution in [3.8, 4) is 0 Å². The third-order valence-electron chi connectivity index (χ3n) is 5.07. The zero-order valence-corrected chi connectivity index (χ0v) is 15.5. The van der Waals surface area contributed by atoms with Gasteiger partial charge in [0, 0.05) is 18.4 Å². The lowest BCUT2D eigenvalue weighted by atomic mass is 10.1. The number of hydrogen-bond donors (Lipinski definition) is 2. The molecule has 0 aliphatic heterocycles. The van der Waals surface area contributed by atoms with Crippen LogP contribution in [0.1, 0.15) is 21.5 Å². The number of nitrogens with zero attached hydrogens (tertiary/aromatic N) is 1. The van der Waals surface area contributed by atoms with Gasteiger partial charge in [-0.2, -0.15) is 13.2 Å². The number of alkyl halides is 3. The van der Waals surface area contributed by atoms with Crippen LogP contribution in [0.15, 0.2) is 41.2 Å². The first kappa shape index (κ1) is 19.3. The highest BCUT2D eigenvalue weighted by atomic mass is 19.4. The maximum atomic E-state index is 12.7. The van der Waals surface area contributed by atoms with Gasteiger partial charge in [-0.25, -0.2) is 4.79 Å². The van der Waals surface area contributed by atoms with E-state index in [0.717, 1.165) is 18.4 Å². The van der Waals surface area contributed by atoms with Gasteiger partial charge in [-0.1, -0.05) is 6.07 Å². The molecule has 29 heavy (non-hydrogen) atoms. The minimum atomic E-state index is -4.52. The fourth-order valence-corrected chi connectivity index (χ4v) is 3.67. The van der Waals surface area contributed by atoms with Gasteiger partial charge in [-0.3, -0.25) is 9.36 Å². The number of ether oxygens (including phenoxy) is 1. The Labute approximate surface area is 163 Å². The molecule has 4 rings (SSSR count). The van der Waals surface area contributed by atoms with E-state index in [9.17, 15) is 22.8 Å². The highest BCUT2D eigenvalue weighted by Crippen LogP contribution is 2.27. The molecule has 1 aliphatic carbocycles. The summed E-state index contributed by atoms with van der Waals surface area (Å²) in [6, 6.07) is 9.74. The van der Waals surface area contributed by atoms with E-state index in [1.54, 1.807) is 13.2 Å². The molecule has 1 atom stereocenters. The van der Waals surface area contributed by atoms with Gasteiger partial charge in [-0.05, 0) is 54.3 Å². The minimum absolute atomic E-state index is 0.0898. The van der Waals surface area contributed by atoms with E-state index in [1.807, 2.05) is 12.1 Å². The lowest BCUT2D eigenvalue weighted by Crippen LogP contribution is -2.26. The minimum Gasteiger partial charge on any atom is -0.381 e. The number of imidazole rings is 1. The van der Waals surface area contributed by atoms with Gasteiger partial charge in [0.05, 0.1) is 17.1 Å². The molecule has 3 aromatic rings. The SMILES string of the molecule is COC1Cc2ccc(NC(=O)c3ccc4c(c3)[nH]c(=O)n4CC(F)(F)F)cc2C1. The predicted molar refractivity (Wildman–Crippen MR) is 101 cm³/mol. The Hall–Kier alpha value is -3.07. The maximum Gasteiger partial charge on any atom is 0.406 e. The van der Waals surface area contributed by atoms with Crippen LogP contribution in [0.3, 0.4) is 0 Å². The molecule has 0 fully saturated rings. The Balaban J connectivity index is 1.56. The predicted octanol–water partition coefficient (Wildman–Crippen LogP) is 3.26. The molecule has 0 radical (unpaired) electrons. The first-order chi connectivity index (χ1) is 13.7. The number of amides is 1. The first-order valence-corrected chi connectivity index (χ1v) is 8.99. The van der Waals surface area contributed by atoms with Crippen LogP contribution >= 0.6 is 0 Å². The molecule has 1 aliphatic rings. The molecule has 0 saturated heterocycles. The van der Waals surface area contributed by atoms with E-state index in [-0.39, 0.29) is 22.7 Å². The third-order valence-corrected chi connectivity index (χ3v) is 5.07. The van der Waals surface area contributed by atoms with Crippen molar-refractivity contribution in [3.05, 3.63) is 63.6 Å². The van der Waals surface area contributed by atoms with Gasteiger partial charge in [-0.15, -0.1) is 0 Å². The number of hydrogen-bond acceptors (Lipinski definition) is 3. The van der Waals surface area contributed by atoms with Gasteiger partial charge in [0.25, 0.3) is 5.91 Å². The van der Waals surface area contributed by atoms with Crippen molar-refractivity contribution in [3.63, 3.8) is 0 Å². The van der Waals surface area contributed by atoms with Gasteiger partial charge in [0.2, 0.25) is 0 Å². The van der Waals surface area contributed by atoms with Crippen molar-refractivity contribution in [2.75, 3.05) is 12.4 Å². The number of carbonyl (C=O) groups is 1. The van der Waals surface area contributed by atoms with Crippen LogP contribution in [0.4, 0.5) is 18.9 Å². The lowest BCUT2D eigenvalue weighted by molar-refractivity contribution is -0.140. The second kappa shape index (κ2) is 7.07. The van der Waals surface area contributed by atoms with E-state index in [0.29, 0.717) is 10.3 Å². The molecule has 1 aromatic heterocycles. The normalized spacial score (nSPS) is 16.2. The summed E-state index contributed by atoms with van der Waals surface area (Å²) >= 11 is 0. The standard InChI is InChI=1S/C20H18F3N3O3/c1-29-15-7-11-2-4-14(6-13(11)8-15)24-18(27)12-3-5-17-16(9-12)25-19(28)26(17)10-20(21,22)23/h2-6,9,15H,7-8,10H2,1H3,(H,24,27)(H,25,28). The number of rotatable bonds is 4. The number of aromatic amines is 1. The highest BCUT2D eigenvalue weighted by molar-refractivity contribution is 6.06. The van der Waals surface area contributed by atoms with E-state index < -0.39 is 24.3 Å². The maximum absolute atomic E-state index is 12.7. The van der Waals surface area contributed by atoms with Crippen LogP contribution in [-0.4, -0.2) is 34.8 Å². The first-order valence-electron chi connectivity index (χ1n) is 8.99. The zero-order chi connectivity index (χ0) is 20.8. The van der Waals surface area contributed by atoms with Crippen LogP contribution in [0, 0.1) is 0 Å². The second-order valence-electron chi connectivity index (χ2n) is 7.07. The molecular weight excluding hydrogens is 387 g/mol. The average molecular weight is 405 g/mol. The Bertz CT molecular complexity index is 1150. The molecule has 0 spiro atoms. The van der Waals surface area contributed by atoms with E-state index >= 15 is 0 Å². The fraction of sp³-hybridized carbons (Fsp3) is 0.300. The van der Waals surface area contributed by atoms with Crippen molar-refractivity contribution in [2.24, 2.45) is 0 Å². The molecule has 1 amide bonds. The number of nitrogens with one attached hydrogen (secondary N) is 2. The Kier molecular flexibility index (Phi) is 4.70. The quantitative estimate of drug-likeness (QED) is 0.700. The van der Waals surface area contributed by atoms with Gasteiger partial charge in [0.15, 0.2) is 0 Å². The van der Waals surface area contributed by atoms with Crippen LogP contribution in [0.25, 0.3) is 11.0 Å². The summed E-state index contributed by atoms with van der Waals surface area (Å²) in [5, 5.41) is 2.79. The average Bonchev–Trinajstić information content (AvgIpc) is 3.20. The Morgan fingerprint density at radius 2 is 1.97 bits per heavy atom. The number of benzene rings is 2. The topological polar surface area (TPSA) is 76.1 Å². The Morgan fingerprint density at radius 1 is 1.21 bits per heavy atom. The summed E-state index contributed by atoms with van der Waals surface area (Å²) in [5.41, 5.74) is 2.53. The van der Waals surface area contributed by atoms with Crippen molar-refractivity contribution >= 4 is 22.6 Å². The number of H-pyrrole nitrogens is 1. The smallest absolute Gasteiger partial charge is 0.381 e. The number of carbonyl (C=O) groups excluding carboxylic acids is 1. The lowest BCUT2D eigenvalue weighted by Gasteiger charge is -2.09. The highest BCUT2D eigenvalue weighted by Gasteiger charge is 2.30. The summed E-state index contributed by atoms with van der Waals surface area (Å²) in [5.74, 6) is -0.419. The molecule has 2 N–H and O–H groups in total. The van der Waals surface area contributed by atoms with Crippen molar-refractivity contribution in [2.45, 2.75) is 31.7 Å². The van der Waals surface area contributed by atoms with E-state index in [4.69, 9.17) is 4.74 Å². The molecule has 2 aromatic carbocycles. The number of aromatic nitrogens is 2. The molecular formula is C20H18F3N3O3. The number of fused-ring (bicyclic) bond motifs is 2. The van der Waals surface area contributed by atoms with Crippen molar-refractivity contribution in [1.29, 1.82) is 0 Å². The van der Waals surface area contributed by atoms with Gasteiger partial charge < -0.3 is 15.0 Å². The fourth-order valence-electron chi connectivity index (χ4n) is 3.67. The molecule has 1 unspecified atom stereocenters. The third kappa shape index (κ3) is 3.91. The molecule has 0 saturated carbocycles. The molecule has 1 heterocycles. The molecule has 0 bridgehead atoms. The summed E-state index contributed by atoms with van der Waals surface area (Å²) in [6.45, 7) is -1.39. The summed E-state index contributed by atoms with van der Waals surface area (Å²) < 4.78 is 44.0. The van der Waals surface area contributed by atoms with Gasteiger partial charge in [0.1, 0.15) is 6.54 Å². The van der Waals surface area contributed by atoms with Crippen LogP contribution in [0.5, 0.6) is 0 Å². The van der Waals surface area contributed by atoms with Crippen molar-refractivity contribution in [1.82, 2.24) is 9.55 Å². The number of anilines is 1. The molecule has 152 valence electrons. The summed E-state index contributed by atoms with van der Waals surface area (Å²) in [7, 11) is 1.67. The van der Waals surface area contributed by atoms with Crippen LogP contribution < -0.4 is 11.0 Å². The van der Waals surface area contributed by atoms with Gasteiger partial charge >= 0.3 is 11.9 Å². The number of halogens is 3. The Morgan fingerprint density at radius 3 is 2.69 bits per heavy atom.